The first-order chi connectivity index (χ1) is 20.6. The summed E-state index contributed by atoms with van der Waals surface area (Å²) in [7, 11) is 0. The molecule has 4 heteroatoms. The predicted octanol–water partition coefficient (Wildman–Crippen LogP) is 12.9. The van der Waals surface area contributed by atoms with E-state index in [4.69, 9.17) is 9.84 Å². The molecule has 0 heterocycles. The fourth-order valence-corrected chi connectivity index (χ4v) is 6.01. The molecule has 0 aromatic heterocycles. The Morgan fingerprint density at radius 3 is 1.05 bits per heavy atom. The van der Waals surface area contributed by atoms with Crippen molar-refractivity contribution in [2.24, 2.45) is 0 Å². The molecule has 4 nitrogen and oxygen atoms in total. The van der Waals surface area contributed by atoms with E-state index in [-0.39, 0.29) is 12.1 Å². The maximum absolute atomic E-state index is 12.6. The van der Waals surface area contributed by atoms with Gasteiger partial charge in [0.05, 0.1) is 0 Å². The molecule has 0 amide bonds. The third kappa shape index (κ3) is 33.4. The summed E-state index contributed by atoms with van der Waals surface area (Å²) in [6, 6.07) is 0. The van der Waals surface area contributed by atoms with Crippen LogP contribution >= 0.6 is 0 Å². The molecule has 250 valence electrons. The van der Waals surface area contributed by atoms with Gasteiger partial charge in [-0.3, -0.25) is 9.59 Å². The first-order valence-corrected chi connectivity index (χ1v) is 19.0. The molecule has 1 atom stereocenters. The number of rotatable bonds is 35. The predicted molar refractivity (Wildman–Crippen MR) is 181 cm³/mol. The van der Waals surface area contributed by atoms with Gasteiger partial charge < -0.3 is 9.84 Å². The van der Waals surface area contributed by atoms with E-state index in [9.17, 15) is 9.59 Å². The largest absolute Gasteiger partial charge is 0.481 e. The summed E-state index contributed by atoms with van der Waals surface area (Å²) < 4.78 is 6.03. The van der Waals surface area contributed by atoms with E-state index in [0.717, 1.165) is 51.4 Å². The standard InChI is InChI=1S/C38H74O4/c1-3-5-7-9-11-13-14-19-23-27-31-35-38(41)42-36(32-28-24-20-16-12-10-8-6-4-2)33-29-25-21-17-15-18-22-26-30-34-37(39)40/h36H,3-35H2,1-2H3,(H,39,40). The summed E-state index contributed by atoms with van der Waals surface area (Å²) in [5.41, 5.74) is 0. The molecule has 0 radical (unpaired) electrons. The fraction of sp³-hybridized carbons (Fsp3) is 0.947. The molecule has 0 bridgehead atoms. The third-order valence-corrected chi connectivity index (χ3v) is 8.83. The normalized spacial score (nSPS) is 12.0. The van der Waals surface area contributed by atoms with Gasteiger partial charge in [0.2, 0.25) is 0 Å². The first kappa shape index (κ1) is 40.9. The van der Waals surface area contributed by atoms with Crippen LogP contribution in [0.25, 0.3) is 0 Å². The Morgan fingerprint density at radius 1 is 0.429 bits per heavy atom. The number of unbranched alkanes of at least 4 members (excludes halogenated alkanes) is 26. The Labute approximate surface area is 262 Å². The second kappa shape index (κ2) is 34.4. The summed E-state index contributed by atoms with van der Waals surface area (Å²) in [5, 5.41) is 8.72. The van der Waals surface area contributed by atoms with E-state index in [1.165, 1.54) is 148 Å². The molecule has 0 spiro atoms. The van der Waals surface area contributed by atoms with Crippen molar-refractivity contribution in [1.82, 2.24) is 0 Å². The van der Waals surface area contributed by atoms with Crippen LogP contribution in [0, 0.1) is 0 Å². The smallest absolute Gasteiger partial charge is 0.306 e. The summed E-state index contributed by atoms with van der Waals surface area (Å²) >= 11 is 0. The number of carboxylic acids is 1. The molecule has 1 N–H and O–H groups in total. The lowest BCUT2D eigenvalue weighted by atomic mass is 10.0. The highest BCUT2D eigenvalue weighted by atomic mass is 16.5. The number of carbonyl (C=O) groups excluding carboxylic acids is 1. The second-order valence-electron chi connectivity index (χ2n) is 13.1. The van der Waals surface area contributed by atoms with Crippen LogP contribution in [0.5, 0.6) is 0 Å². The van der Waals surface area contributed by atoms with E-state index < -0.39 is 5.97 Å². The average Bonchev–Trinajstić information content (AvgIpc) is 2.97. The Bertz CT molecular complexity index is 561. The molecule has 0 aliphatic heterocycles. The van der Waals surface area contributed by atoms with E-state index in [2.05, 4.69) is 13.8 Å². The molecule has 0 aliphatic rings. The minimum Gasteiger partial charge on any atom is -0.481 e. The molecular formula is C38H74O4. The first-order valence-electron chi connectivity index (χ1n) is 19.0. The summed E-state index contributed by atoms with van der Waals surface area (Å²) in [5.74, 6) is -0.638. The van der Waals surface area contributed by atoms with Crippen molar-refractivity contribution in [1.29, 1.82) is 0 Å². The highest BCUT2D eigenvalue weighted by molar-refractivity contribution is 5.69. The highest BCUT2D eigenvalue weighted by Gasteiger charge is 2.14. The van der Waals surface area contributed by atoms with Crippen molar-refractivity contribution in [3.05, 3.63) is 0 Å². The Morgan fingerprint density at radius 2 is 0.714 bits per heavy atom. The topological polar surface area (TPSA) is 63.6 Å². The van der Waals surface area contributed by atoms with E-state index >= 15 is 0 Å². The highest BCUT2D eigenvalue weighted by Crippen LogP contribution is 2.19. The van der Waals surface area contributed by atoms with Crippen molar-refractivity contribution < 1.29 is 19.4 Å². The zero-order valence-electron chi connectivity index (χ0n) is 28.6. The van der Waals surface area contributed by atoms with Gasteiger partial charge in [-0.1, -0.05) is 174 Å². The van der Waals surface area contributed by atoms with Gasteiger partial charge in [-0.25, -0.2) is 0 Å². The number of esters is 1. The number of hydrogen-bond acceptors (Lipinski definition) is 3. The van der Waals surface area contributed by atoms with Gasteiger partial charge in [0, 0.05) is 12.8 Å². The molecule has 1 unspecified atom stereocenters. The lowest BCUT2D eigenvalue weighted by Crippen LogP contribution is -2.18. The van der Waals surface area contributed by atoms with Crippen molar-refractivity contribution in [3.63, 3.8) is 0 Å². The van der Waals surface area contributed by atoms with Gasteiger partial charge in [-0.05, 0) is 38.5 Å². The van der Waals surface area contributed by atoms with Gasteiger partial charge in [-0.2, -0.15) is 0 Å². The van der Waals surface area contributed by atoms with Crippen molar-refractivity contribution in [2.75, 3.05) is 0 Å². The maximum atomic E-state index is 12.6. The number of carboxylic acid groups (broad SMARTS) is 1. The number of ether oxygens (including phenoxy) is 1. The van der Waals surface area contributed by atoms with Gasteiger partial charge in [0.25, 0.3) is 0 Å². The third-order valence-electron chi connectivity index (χ3n) is 8.83. The monoisotopic (exact) mass is 595 g/mol. The molecule has 0 fully saturated rings. The van der Waals surface area contributed by atoms with Crippen molar-refractivity contribution in [2.45, 2.75) is 232 Å². The van der Waals surface area contributed by atoms with Crippen LogP contribution in [0.2, 0.25) is 0 Å². The molecule has 0 saturated heterocycles. The van der Waals surface area contributed by atoms with Gasteiger partial charge >= 0.3 is 11.9 Å². The molecule has 0 rings (SSSR count). The minimum absolute atomic E-state index is 0.0368. The van der Waals surface area contributed by atoms with Crippen molar-refractivity contribution in [3.8, 4) is 0 Å². The van der Waals surface area contributed by atoms with E-state index in [0.29, 0.717) is 12.8 Å². The summed E-state index contributed by atoms with van der Waals surface area (Å²) in [4.78, 5) is 23.2. The van der Waals surface area contributed by atoms with Crippen LogP contribution in [0.4, 0.5) is 0 Å². The quantitative estimate of drug-likeness (QED) is 0.0585. The molecule has 0 aliphatic carbocycles. The fourth-order valence-electron chi connectivity index (χ4n) is 6.01. The molecule has 42 heavy (non-hydrogen) atoms. The molecular weight excluding hydrogens is 520 g/mol. The van der Waals surface area contributed by atoms with Crippen LogP contribution in [0.15, 0.2) is 0 Å². The molecule has 0 aromatic carbocycles. The van der Waals surface area contributed by atoms with Crippen LogP contribution in [-0.4, -0.2) is 23.1 Å². The van der Waals surface area contributed by atoms with Crippen LogP contribution < -0.4 is 0 Å². The Kier molecular flexibility index (Phi) is 33.6. The van der Waals surface area contributed by atoms with Crippen LogP contribution in [0.1, 0.15) is 226 Å². The SMILES string of the molecule is CCCCCCCCCCCCCC(=O)OC(CCCCCCCCCCC)CCCCCCCCCCCC(=O)O. The van der Waals surface area contributed by atoms with Crippen molar-refractivity contribution >= 4 is 11.9 Å². The Balaban J connectivity index is 4.04. The number of hydrogen-bond donors (Lipinski definition) is 1. The lowest BCUT2D eigenvalue weighted by molar-refractivity contribution is -0.150. The van der Waals surface area contributed by atoms with Crippen LogP contribution in [-0.2, 0) is 14.3 Å². The molecule has 0 saturated carbocycles. The van der Waals surface area contributed by atoms with E-state index in [1.54, 1.807) is 0 Å². The average molecular weight is 595 g/mol. The van der Waals surface area contributed by atoms with Gasteiger partial charge in [-0.15, -0.1) is 0 Å². The Hall–Kier alpha value is -1.06. The summed E-state index contributed by atoms with van der Waals surface area (Å²) in [6.07, 6.45) is 39.8. The lowest BCUT2D eigenvalue weighted by Gasteiger charge is -2.18. The van der Waals surface area contributed by atoms with Crippen LogP contribution in [0.3, 0.4) is 0 Å². The number of carbonyl (C=O) groups is 2. The van der Waals surface area contributed by atoms with Gasteiger partial charge in [0.15, 0.2) is 0 Å². The number of aliphatic carboxylic acids is 1. The van der Waals surface area contributed by atoms with E-state index in [1.807, 2.05) is 0 Å². The minimum atomic E-state index is -0.675. The summed E-state index contributed by atoms with van der Waals surface area (Å²) in [6.45, 7) is 4.55. The zero-order valence-corrected chi connectivity index (χ0v) is 28.6. The maximum Gasteiger partial charge on any atom is 0.306 e. The zero-order chi connectivity index (χ0) is 30.8. The second-order valence-corrected chi connectivity index (χ2v) is 13.1. The van der Waals surface area contributed by atoms with Gasteiger partial charge in [0.1, 0.15) is 6.10 Å². The molecule has 0 aromatic rings.